The molecule has 11 nitrogen and oxygen atoms in total. The number of amides is 2. The Kier molecular flexibility index (Phi) is 8.77. The third-order valence-electron chi connectivity index (χ3n) is 7.67. The van der Waals surface area contributed by atoms with E-state index in [0.29, 0.717) is 49.7 Å². The summed E-state index contributed by atoms with van der Waals surface area (Å²) in [7, 11) is -4.39. The smallest absolute Gasteiger partial charge is 0.508 e. The monoisotopic (exact) mass is 627 g/mol. The first kappa shape index (κ1) is 30.9. The fraction of sp³-hybridized carbons (Fsp3) is 0.500. The number of anilines is 2. The van der Waals surface area contributed by atoms with E-state index in [1.165, 1.54) is 6.07 Å². The second-order valence-corrected chi connectivity index (χ2v) is 12.3. The van der Waals surface area contributed by atoms with Crippen LogP contribution in [-0.2, 0) is 24.4 Å². The molecule has 2 N–H and O–H groups in total. The second kappa shape index (κ2) is 12.2. The third-order valence-corrected chi connectivity index (χ3v) is 8.65. The van der Waals surface area contributed by atoms with E-state index in [-0.39, 0.29) is 36.6 Å². The van der Waals surface area contributed by atoms with Gasteiger partial charge in [0, 0.05) is 44.6 Å². The van der Waals surface area contributed by atoms with Crippen LogP contribution in [0.5, 0.6) is 17.2 Å². The Morgan fingerprint density at radius 3 is 2.65 bits per heavy atom. The van der Waals surface area contributed by atoms with Crippen LogP contribution in [0.25, 0.3) is 0 Å². The van der Waals surface area contributed by atoms with Gasteiger partial charge in [-0.25, -0.2) is 0 Å². The molecule has 2 aromatic carbocycles. The molecule has 2 amide bonds. The number of nitrogens with one attached hydrogen (secondary N) is 1. The number of piperidine rings is 1. The Bertz CT molecular complexity index is 1480. The molecule has 1 saturated carbocycles. The maximum Gasteiger partial charge on any atom is 0.534 e. The Morgan fingerprint density at radius 1 is 1.19 bits per heavy atom. The van der Waals surface area contributed by atoms with E-state index in [9.17, 15) is 36.3 Å². The van der Waals surface area contributed by atoms with Gasteiger partial charge in [-0.05, 0) is 74.0 Å². The number of rotatable bonds is 10. The Balaban J connectivity index is 1.45. The maximum atomic E-state index is 14.2. The lowest BCUT2D eigenvalue weighted by molar-refractivity contribution is -0.123. The van der Waals surface area contributed by atoms with Crippen LogP contribution in [0.1, 0.15) is 37.2 Å². The molecule has 2 heterocycles. The number of halogens is 3. The van der Waals surface area contributed by atoms with Crippen molar-refractivity contribution in [2.75, 3.05) is 49.8 Å². The van der Waals surface area contributed by atoms with Gasteiger partial charge >= 0.3 is 15.6 Å². The standard InChI is InChI=1S/C28H32F3N3O8S/c1-40-10-2-9-33-24-13-19(5-6-25(24)41-16-26(33)36)34(18-3-4-18)27(37)23-15-32-8-7-22(23)17-11-20(35)14-21(12-17)42-43(38,39)28(29,30)31/h5-6,11-14,18,22-23,32,35H,2-4,7-10,15-16H2,1H3/t22-,23+/m1/s1. The molecule has 0 radical (unpaired) electrons. The number of benzene rings is 2. The van der Waals surface area contributed by atoms with E-state index >= 15 is 0 Å². The van der Waals surface area contributed by atoms with E-state index in [0.717, 1.165) is 25.0 Å². The van der Waals surface area contributed by atoms with Gasteiger partial charge in [0.1, 0.15) is 17.2 Å². The van der Waals surface area contributed by atoms with Crippen LogP contribution < -0.4 is 24.0 Å². The summed E-state index contributed by atoms with van der Waals surface area (Å²) in [6, 6.07) is 8.32. The Hall–Kier alpha value is -3.56. The Morgan fingerprint density at radius 2 is 1.95 bits per heavy atom. The molecule has 2 fully saturated rings. The van der Waals surface area contributed by atoms with Crippen LogP contribution in [0.2, 0.25) is 0 Å². The van der Waals surface area contributed by atoms with Gasteiger partial charge in [-0.1, -0.05) is 0 Å². The average molecular weight is 628 g/mol. The van der Waals surface area contributed by atoms with Crippen LogP contribution in [0, 0.1) is 5.92 Å². The number of carbonyl (C=O) groups excluding carboxylic acids is 2. The number of phenols is 1. The summed E-state index contributed by atoms with van der Waals surface area (Å²) in [5.41, 5.74) is -4.26. The van der Waals surface area contributed by atoms with Crippen molar-refractivity contribution in [3.63, 3.8) is 0 Å². The highest BCUT2D eigenvalue weighted by Crippen LogP contribution is 2.43. The molecule has 234 valence electrons. The normalized spacial score (nSPS) is 20.7. The number of ether oxygens (including phenoxy) is 2. The summed E-state index contributed by atoms with van der Waals surface area (Å²) in [4.78, 5) is 30.2. The van der Waals surface area contributed by atoms with Gasteiger partial charge in [0.25, 0.3) is 5.91 Å². The third kappa shape index (κ3) is 6.68. The van der Waals surface area contributed by atoms with Gasteiger partial charge in [-0.15, -0.1) is 0 Å². The van der Waals surface area contributed by atoms with Gasteiger partial charge in [0.05, 0.1) is 11.6 Å². The van der Waals surface area contributed by atoms with E-state index in [4.69, 9.17) is 9.47 Å². The molecular formula is C28H32F3N3O8S. The fourth-order valence-electron chi connectivity index (χ4n) is 5.54. The lowest BCUT2D eigenvalue weighted by Crippen LogP contribution is -2.47. The summed E-state index contributed by atoms with van der Waals surface area (Å²) < 4.78 is 77.0. The van der Waals surface area contributed by atoms with E-state index in [1.807, 2.05) is 0 Å². The largest absolute Gasteiger partial charge is 0.534 e. The number of alkyl halides is 3. The molecule has 0 spiro atoms. The molecule has 3 aliphatic rings. The van der Waals surface area contributed by atoms with Gasteiger partial charge in [-0.3, -0.25) is 9.59 Å². The van der Waals surface area contributed by atoms with E-state index < -0.39 is 39.0 Å². The minimum absolute atomic E-state index is 0.0877. The minimum Gasteiger partial charge on any atom is -0.508 e. The van der Waals surface area contributed by atoms with Crippen molar-refractivity contribution in [3.8, 4) is 17.2 Å². The number of phenolic OH excluding ortho intramolecular Hbond substituents is 1. The van der Waals surface area contributed by atoms with Gasteiger partial charge in [-0.2, -0.15) is 21.6 Å². The van der Waals surface area contributed by atoms with Crippen LogP contribution >= 0.6 is 0 Å². The number of carbonyl (C=O) groups is 2. The molecule has 0 bridgehead atoms. The molecule has 15 heteroatoms. The zero-order chi connectivity index (χ0) is 30.9. The number of hydrogen-bond donors (Lipinski definition) is 2. The second-order valence-electron chi connectivity index (χ2n) is 10.7. The summed E-state index contributed by atoms with van der Waals surface area (Å²) >= 11 is 0. The SMILES string of the molecule is COCCCN1C(=O)COc2ccc(N(C(=O)[C@H]3CNCC[C@@H]3c3cc(O)cc(OS(=O)(=O)C(F)(F)F)c3)C3CC3)cc21. The van der Waals surface area contributed by atoms with Crippen LogP contribution in [-0.4, -0.2) is 76.8 Å². The zero-order valence-electron chi connectivity index (χ0n) is 23.3. The van der Waals surface area contributed by atoms with Crippen LogP contribution in [0.15, 0.2) is 36.4 Å². The summed E-state index contributed by atoms with van der Waals surface area (Å²) in [6.45, 7) is 1.51. The lowest BCUT2D eigenvalue weighted by Gasteiger charge is -2.36. The van der Waals surface area contributed by atoms with Crippen molar-refractivity contribution in [1.29, 1.82) is 0 Å². The number of methoxy groups -OCH3 is 1. The molecule has 43 heavy (non-hydrogen) atoms. The highest BCUT2D eigenvalue weighted by molar-refractivity contribution is 7.88. The molecule has 0 unspecified atom stereocenters. The predicted molar refractivity (Wildman–Crippen MR) is 149 cm³/mol. The number of hydrogen-bond acceptors (Lipinski definition) is 9. The molecule has 2 aromatic rings. The molecule has 0 aromatic heterocycles. The molecule has 1 aliphatic carbocycles. The van der Waals surface area contributed by atoms with Crippen molar-refractivity contribution in [3.05, 3.63) is 42.0 Å². The molecule has 2 atom stereocenters. The van der Waals surface area contributed by atoms with Gasteiger partial charge < -0.3 is 33.9 Å². The van der Waals surface area contributed by atoms with Crippen molar-refractivity contribution in [2.45, 2.75) is 43.2 Å². The minimum atomic E-state index is -5.96. The first-order valence-electron chi connectivity index (χ1n) is 13.8. The maximum absolute atomic E-state index is 14.2. The van der Waals surface area contributed by atoms with Gasteiger partial charge in [0.2, 0.25) is 5.91 Å². The first-order chi connectivity index (χ1) is 20.4. The molecular weight excluding hydrogens is 595 g/mol. The van der Waals surface area contributed by atoms with Crippen molar-refractivity contribution >= 4 is 33.3 Å². The highest BCUT2D eigenvalue weighted by atomic mass is 32.2. The van der Waals surface area contributed by atoms with Crippen molar-refractivity contribution in [2.24, 2.45) is 5.92 Å². The first-order valence-corrected chi connectivity index (χ1v) is 15.2. The number of fused-ring (bicyclic) bond motifs is 1. The zero-order valence-corrected chi connectivity index (χ0v) is 24.1. The van der Waals surface area contributed by atoms with E-state index in [2.05, 4.69) is 9.50 Å². The van der Waals surface area contributed by atoms with Crippen molar-refractivity contribution in [1.82, 2.24) is 5.32 Å². The highest BCUT2D eigenvalue weighted by Gasteiger charge is 2.49. The predicted octanol–water partition coefficient (Wildman–Crippen LogP) is 3.27. The Labute approximate surface area is 246 Å². The molecule has 2 aliphatic heterocycles. The fourth-order valence-corrected chi connectivity index (χ4v) is 5.98. The van der Waals surface area contributed by atoms with E-state index in [1.54, 1.807) is 35.1 Å². The summed E-state index contributed by atoms with van der Waals surface area (Å²) in [6.07, 6.45) is 2.52. The number of aromatic hydroxyl groups is 1. The van der Waals surface area contributed by atoms with Crippen LogP contribution in [0.3, 0.4) is 0 Å². The summed E-state index contributed by atoms with van der Waals surface area (Å²) in [5, 5.41) is 13.4. The summed E-state index contributed by atoms with van der Waals surface area (Å²) in [5.74, 6) is -2.41. The van der Waals surface area contributed by atoms with Crippen molar-refractivity contribution < 1.29 is 49.9 Å². The lowest BCUT2D eigenvalue weighted by atomic mass is 9.80. The van der Waals surface area contributed by atoms with Crippen LogP contribution in [0.4, 0.5) is 24.5 Å². The number of nitrogens with zero attached hydrogens (tertiary/aromatic N) is 2. The van der Waals surface area contributed by atoms with Gasteiger partial charge in [0.15, 0.2) is 6.61 Å². The average Bonchev–Trinajstić information content (AvgIpc) is 3.78. The quantitative estimate of drug-likeness (QED) is 0.231. The topological polar surface area (TPSA) is 135 Å². The molecule has 1 saturated heterocycles. The molecule has 5 rings (SSSR count).